The number of rotatable bonds is 3. The lowest BCUT2D eigenvalue weighted by atomic mass is 9.95. The molecule has 1 N–H and O–H groups in total. The zero-order valence-electron chi connectivity index (χ0n) is 9.29. The van der Waals surface area contributed by atoms with E-state index in [2.05, 4.69) is 5.32 Å². The first-order valence-corrected chi connectivity index (χ1v) is 7.01. The van der Waals surface area contributed by atoms with Crippen molar-refractivity contribution in [2.75, 3.05) is 7.05 Å². The Morgan fingerprint density at radius 2 is 1.79 bits per heavy atom. The van der Waals surface area contributed by atoms with Gasteiger partial charge in [0.05, 0.1) is 10.5 Å². The minimum Gasteiger partial charge on any atom is -0.316 e. The Kier molecular flexibility index (Phi) is 3.95. The molecule has 4 heteroatoms. The van der Waals surface area contributed by atoms with Crippen LogP contribution in [0.4, 0.5) is 0 Å². The van der Waals surface area contributed by atoms with Gasteiger partial charge in [-0.2, -0.15) is 0 Å². The Labute approximate surface area is 87.2 Å². The van der Waals surface area contributed by atoms with Crippen molar-refractivity contribution in [3.8, 4) is 0 Å². The molecule has 0 aromatic rings. The van der Waals surface area contributed by atoms with Crippen LogP contribution in [0.2, 0.25) is 0 Å². The number of hydrogen-bond donors (Lipinski definition) is 1. The normalized spacial score (nSPS) is 29.4. The van der Waals surface area contributed by atoms with Crippen molar-refractivity contribution in [2.24, 2.45) is 0 Å². The Morgan fingerprint density at radius 3 is 2.29 bits per heavy atom. The van der Waals surface area contributed by atoms with E-state index in [0.29, 0.717) is 0 Å². The third-order valence-electron chi connectivity index (χ3n) is 3.15. The maximum Gasteiger partial charge on any atom is 0.156 e. The van der Waals surface area contributed by atoms with Gasteiger partial charge in [0, 0.05) is 6.04 Å². The van der Waals surface area contributed by atoms with Gasteiger partial charge in [0.15, 0.2) is 9.84 Å². The van der Waals surface area contributed by atoms with Crippen molar-refractivity contribution in [1.82, 2.24) is 5.32 Å². The van der Waals surface area contributed by atoms with Crippen LogP contribution in [-0.4, -0.2) is 32.0 Å². The van der Waals surface area contributed by atoms with E-state index in [1.165, 1.54) is 0 Å². The number of sulfone groups is 1. The van der Waals surface area contributed by atoms with Crippen LogP contribution < -0.4 is 5.32 Å². The van der Waals surface area contributed by atoms with E-state index in [-0.39, 0.29) is 16.5 Å². The van der Waals surface area contributed by atoms with E-state index >= 15 is 0 Å². The van der Waals surface area contributed by atoms with Crippen LogP contribution in [-0.2, 0) is 9.84 Å². The molecule has 1 saturated carbocycles. The zero-order valence-corrected chi connectivity index (χ0v) is 10.1. The van der Waals surface area contributed by atoms with Crippen LogP contribution in [0.1, 0.15) is 39.5 Å². The minimum absolute atomic E-state index is 0.163. The molecule has 0 aromatic carbocycles. The monoisotopic (exact) mass is 219 g/mol. The lowest BCUT2D eigenvalue weighted by molar-refractivity contribution is 0.388. The molecule has 0 heterocycles. The van der Waals surface area contributed by atoms with Crippen LogP contribution >= 0.6 is 0 Å². The minimum atomic E-state index is -2.92. The average Bonchev–Trinajstić information content (AvgIpc) is 2.17. The smallest absolute Gasteiger partial charge is 0.156 e. The molecule has 14 heavy (non-hydrogen) atoms. The predicted molar refractivity (Wildman–Crippen MR) is 59.2 cm³/mol. The Balaban J connectivity index is 2.83. The second-order valence-electron chi connectivity index (χ2n) is 4.36. The highest BCUT2D eigenvalue weighted by Crippen LogP contribution is 2.26. The Bertz CT molecular complexity index is 272. The van der Waals surface area contributed by atoms with Gasteiger partial charge in [-0.25, -0.2) is 8.42 Å². The van der Waals surface area contributed by atoms with Gasteiger partial charge in [-0.1, -0.05) is 12.8 Å². The molecule has 0 bridgehead atoms. The summed E-state index contributed by atoms with van der Waals surface area (Å²) in [5.74, 6) is 0. The van der Waals surface area contributed by atoms with E-state index in [1.54, 1.807) is 13.8 Å². The Hall–Kier alpha value is -0.0900. The van der Waals surface area contributed by atoms with Gasteiger partial charge < -0.3 is 5.32 Å². The molecular weight excluding hydrogens is 198 g/mol. The molecule has 2 unspecified atom stereocenters. The summed E-state index contributed by atoms with van der Waals surface area (Å²) in [7, 11) is -1.06. The van der Waals surface area contributed by atoms with Crippen molar-refractivity contribution < 1.29 is 8.42 Å². The quantitative estimate of drug-likeness (QED) is 0.779. The summed E-state index contributed by atoms with van der Waals surface area (Å²) in [6.07, 6.45) is 4.02. The van der Waals surface area contributed by atoms with E-state index in [0.717, 1.165) is 25.7 Å². The molecule has 1 rings (SSSR count). The van der Waals surface area contributed by atoms with E-state index < -0.39 is 9.84 Å². The van der Waals surface area contributed by atoms with Crippen LogP contribution in [0.3, 0.4) is 0 Å². The third-order valence-corrected chi connectivity index (χ3v) is 5.87. The van der Waals surface area contributed by atoms with Crippen molar-refractivity contribution >= 4 is 9.84 Å². The average molecular weight is 219 g/mol. The molecule has 84 valence electrons. The molecule has 0 spiro atoms. The van der Waals surface area contributed by atoms with Crippen molar-refractivity contribution in [2.45, 2.75) is 56.1 Å². The summed E-state index contributed by atoms with van der Waals surface area (Å²) in [6.45, 7) is 3.55. The number of hydrogen-bond acceptors (Lipinski definition) is 3. The highest BCUT2D eigenvalue weighted by atomic mass is 32.2. The molecule has 0 radical (unpaired) electrons. The molecule has 1 aliphatic rings. The van der Waals surface area contributed by atoms with Gasteiger partial charge in [0.1, 0.15) is 0 Å². The maximum absolute atomic E-state index is 12.0. The summed E-state index contributed by atoms with van der Waals surface area (Å²) >= 11 is 0. The second kappa shape index (κ2) is 4.62. The van der Waals surface area contributed by atoms with Gasteiger partial charge in [-0.15, -0.1) is 0 Å². The summed E-state index contributed by atoms with van der Waals surface area (Å²) in [5, 5.41) is 2.72. The van der Waals surface area contributed by atoms with Crippen LogP contribution in [0.15, 0.2) is 0 Å². The SMILES string of the molecule is CNC1CCCCC1S(=O)(=O)C(C)C. The molecule has 2 atom stereocenters. The summed E-state index contributed by atoms with van der Waals surface area (Å²) in [4.78, 5) is 0. The fourth-order valence-corrected chi connectivity index (χ4v) is 4.09. The first-order valence-electron chi connectivity index (χ1n) is 5.40. The van der Waals surface area contributed by atoms with Gasteiger partial charge in [0.2, 0.25) is 0 Å². The van der Waals surface area contributed by atoms with E-state index in [9.17, 15) is 8.42 Å². The molecular formula is C10H21NO2S. The molecule has 0 aromatic heterocycles. The topological polar surface area (TPSA) is 46.2 Å². The fraction of sp³-hybridized carbons (Fsp3) is 1.00. The fourth-order valence-electron chi connectivity index (χ4n) is 2.17. The highest BCUT2D eigenvalue weighted by Gasteiger charge is 2.36. The Morgan fingerprint density at radius 1 is 1.21 bits per heavy atom. The van der Waals surface area contributed by atoms with Crippen molar-refractivity contribution in [1.29, 1.82) is 0 Å². The molecule has 0 amide bonds. The molecule has 0 aliphatic heterocycles. The molecule has 3 nitrogen and oxygen atoms in total. The first kappa shape index (κ1) is 12.0. The second-order valence-corrected chi connectivity index (χ2v) is 7.08. The largest absolute Gasteiger partial charge is 0.316 e. The standard InChI is InChI=1S/C10H21NO2S/c1-8(2)14(12,13)10-7-5-4-6-9(10)11-3/h8-11H,4-7H2,1-3H3. The molecule has 1 fully saturated rings. The van der Waals surface area contributed by atoms with Crippen LogP contribution in [0, 0.1) is 0 Å². The molecule has 0 saturated heterocycles. The molecule has 1 aliphatic carbocycles. The summed E-state index contributed by atoms with van der Waals surface area (Å²) in [5.41, 5.74) is 0. The summed E-state index contributed by atoms with van der Waals surface area (Å²) in [6, 6.07) is 0.163. The van der Waals surface area contributed by atoms with Crippen molar-refractivity contribution in [3.05, 3.63) is 0 Å². The lowest BCUT2D eigenvalue weighted by Crippen LogP contribution is -2.46. The number of nitrogens with one attached hydrogen (secondary N) is 1. The van der Waals surface area contributed by atoms with Gasteiger partial charge >= 0.3 is 0 Å². The zero-order chi connectivity index (χ0) is 10.8. The van der Waals surface area contributed by atoms with Crippen LogP contribution in [0.25, 0.3) is 0 Å². The predicted octanol–water partition coefficient (Wildman–Crippen LogP) is 1.34. The van der Waals surface area contributed by atoms with Crippen LogP contribution in [0.5, 0.6) is 0 Å². The summed E-state index contributed by atoms with van der Waals surface area (Å²) < 4.78 is 24.0. The van der Waals surface area contributed by atoms with Crippen molar-refractivity contribution in [3.63, 3.8) is 0 Å². The third kappa shape index (κ3) is 2.28. The van der Waals surface area contributed by atoms with Gasteiger partial charge in [0.25, 0.3) is 0 Å². The lowest BCUT2D eigenvalue weighted by Gasteiger charge is -2.32. The van der Waals surface area contributed by atoms with E-state index in [4.69, 9.17) is 0 Å². The van der Waals surface area contributed by atoms with Gasteiger partial charge in [-0.05, 0) is 33.7 Å². The first-order chi connectivity index (χ1) is 6.50. The van der Waals surface area contributed by atoms with E-state index in [1.807, 2.05) is 7.05 Å². The maximum atomic E-state index is 12.0. The van der Waals surface area contributed by atoms with Gasteiger partial charge in [-0.3, -0.25) is 0 Å². The highest BCUT2D eigenvalue weighted by molar-refractivity contribution is 7.92.